The van der Waals surface area contributed by atoms with Crippen LogP contribution in [0.1, 0.15) is 48.2 Å². The van der Waals surface area contributed by atoms with Gasteiger partial charge in [0.15, 0.2) is 0 Å². The minimum absolute atomic E-state index is 0.0394. The van der Waals surface area contributed by atoms with E-state index in [1.54, 1.807) is 19.9 Å². The first-order chi connectivity index (χ1) is 11.2. The second-order valence-corrected chi connectivity index (χ2v) is 6.10. The molecule has 1 amide bonds. The first-order valence-corrected chi connectivity index (χ1v) is 8.13. The van der Waals surface area contributed by atoms with Gasteiger partial charge in [0, 0.05) is 29.2 Å². The predicted molar refractivity (Wildman–Crippen MR) is 91.9 cm³/mol. The van der Waals surface area contributed by atoms with E-state index in [1.807, 2.05) is 32.4 Å². The zero-order valence-electron chi connectivity index (χ0n) is 15.2. The van der Waals surface area contributed by atoms with Gasteiger partial charge in [-0.25, -0.2) is 4.79 Å². The molecule has 0 bridgehead atoms. The van der Waals surface area contributed by atoms with Crippen LogP contribution < -0.4 is 11.0 Å². The third-order valence-corrected chi connectivity index (χ3v) is 4.20. The van der Waals surface area contributed by atoms with Crippen LogP contribution >= 0.6 is 0 Å². The van der Waals surface area contributed by atoms with Gasteiger partial charge in [-0.2, -0.15) is 10.1 Å². The van der Waals surface area contributed by atoms with Crippen molar-refractivity contribution in [2.45, 2.75) is 60.7 Å². The fraction of sp³-hybridized carbons (Fsp3) is 0.529. The Hall–Kier alpha value is -2.44. The van der Waals surface area contributed by atoms with Gasteiger partial charge in [-0.1, -0.05) is 0 Å². The van der Waals surface area contributed by atoms with Crippen LogP contribution in [0.4, 0.5) is 0 Å². The molecule has 0 aliphatic heterocycles. The van der Waals surface area contributed by atoms with Crippen LogP contribution in [0, 0.1) is 27.7 Å². The molecule has 130 valence electrons. The molecule has 0 saturated heterocycles. The maximum atomic E-state index is 12.4. The minimum Gasteiger partial charge on any atom is -0.348 e. The molecule has 0 aromatic carbocycles. The molecule has 7 heteroatoms. The van der Waals surface area contributed by atoms with E-state index >= 15 is 0 Å². The predicted octanol–water partition coefficient (Wildman–Crippen LogP) is 1.57. The average molecular weight is 331 g/mol. The Morgan fingerprint density at radius 3 is 2.50 bits per heavy atom. The highest BCUT2D eigenvalue weighted by Gasteiger charge is 2.19. The molecular weight excluding hydrogens is 306 g/mol. The second-order valence-electron chi connectivity index (χ2n) is 6.10. The van der Waals surface area contributed by atoms with E-state index in [0.717, 1.165) is 29.2 Å². The van der Waals surface area contributed by atoms with Crippen LogP contribution in [0.3, 0.4) is 0 Å². The standard InChI is InChI=1S/C17H25N5O2/c1-7-22-14(6)16(13(5)20-22)12(4)19-15(23)9-21-11(3)8-10(2)18-17(21)24/h8,12H,7,9H2,1-6H3,(H,19,23)/t12-/m1/s1. The Labute approximate surface area is 141 Å². The van der Waals surface area contributed by atoms with Gasteiger partial charge in [0.05, 0.1) is 11.7 Å². The number of aromatic nitrogens is 4. The molecule has 2 aromatic rings. The summed E-state index contributed by atoms with van der Waals surface area (Å²) in [6.45, 7) is 12.2. The van der Waals surface area contributed by atoms with Crippen LogP contribution in [-0.2, 0) is 17.9 Å². The van der Waals surface area contributed by atoms with Crippen molar-refractivity contribution in [3.8, 4) is 0 Å². The lowest BCUT2D eigenvalue weighted by Crippen LogP contribution is -2.36. The lowest BCUT2D eigenvalue weighted by Gasteiger charge is -2.16. The fourth-order valence-electron chi connectivity index (χ4n) is 3.12. The highest BCUT2D eigenvalue weighted by molar-refractivity contribution is 5.76. The van der Waals surface area contributed by atoms with Gasteiger partial charge in [-0.05, 0) is 47.6 Å². The van der Waals surface area contributed by atoms with Gasteiger partial charge in [0.1, 0.15) is 6.54 Å². The summed E-state index contributed by atoms with van der Waals surface area (Å²) in [5.74, 6) is -0.221. The highest BCUT2D eigenvalue weighted by Crippen LogP contribution is 2.21. The number of rotatable bonds is 5. The molecule has 0 fully saturated rings. The van der Waals surface area contributed by atoms with E-state index in [9.17, 15) is 9.59 Å². The number of hydrogen-bond acceptors (Lipinski definition) is 4. The van der Waals surface area contributed by atoms with E-state index in [2.05, 4.69) is 15.4 Å². The molecular formula is C17H25N5O2. The van der Waals surface area contributed by atoms with E-state index < -0.39 is 5.69 Å². The second kappa shape index (κ2) is 6.98. The van der Waals surface area contributed by atoms with Crippen LogP contribution in [0.5, 0.6) is 0 Å². The summed E-state index contributed by atoms with van der Waals surface area (Å²) in [5, 5.41) is 7.43. The summed E-state index contributed by atoms with van der Waals surface area (Å²) >= 11 is 0. The van der Waals surface area contributed by atoms with Gasteiger partial charge in [-0.15, -0.1) is 0 Å². The molecule has 1 N–H and O–H groups in total. The molecule has 7 nitrogen and oxygen atoms in total. The smallest absolute Gasteiger partial charge is 0.348 e. The number of hydrogen-bond donors (Lipinski definition) is 1. The van der Waals surface area contributed by atoms with Crippen LogP contribution in [0.2, 0.25) is 0 Å². The van der Waals surface area contributed by atoms with E-state index in [1.165, 1.54) is 4.57 Å². The first-order valence-electron chi connectivity index (χ1n) is 8.13. The molecule has 0 radical (unpaired) electrons. The number of amides is 1. The zero-order chi connectivity index (χ0) is 18.0. The molecule has 0 aliphatic rings. The molecule has 0 unspecified atom stereocenters. The topological polar surface area (TPSA) is 81.8 Å². The highest BCUT2D eigenvalue weighted by atomic mass is 16.2. The maximum absolute atomic E-state index is 12.4. The van der Waals surface area contributed by atoms with Crippen molar-refractivity contribution in [3.63, 3.8) is 0 Å². The Balaban J connectivity index is 2.16. The number of aryl methyl sites for hydroxylation is 4. The summed E-state index contributed by atoms with van der Waals surface area (Å²) in [5.41, 5.74) is 3.96. The molecule has 2 aromatic heterocycles. The van der Waals surface area contributed by atoms with Crippen molar-refractivity contribution in [1.82, 2.24) is 24.6 Å². The van der Waals surface area contributed by atoms with E-state index in [0.29, 0.717) is 5.69 Å². The number of nitrogens with one attached hydrogen (secondary N) is 1. The summed E-state index contributed by atoms with van der Waals surface area (Å²) in [6, 6.07) is 1.62. The Bertz CT molecular complexity index is 819. The Morgan fingerprint density at radius 2 is 1.96 bits per heavy atom. The molecule has 2 heterocycles. The first kappa shape index (κ1) is 17.9. The molecule has 24 heavy (non-hydrogen) atoms. The van der Waals surface area contributed by atoms with Crippen molar-refractivity contribution >= 4 is 5.91 Å². The summed E-state index contributed by atoms with van der Waals surface area (Å²) < 4.78 is 3.30. The average Bonchev–Trinajstić information content (AvgIpc) is 2.77. The molecule has 0 saturated carbocycles. The van der Waals surface area contributed by atoms with Gasteiger partial charge in [0.25, 0.3) is 0 Å². The number of carbonyl (C=O) groups excluding carboxylic acids is 1. The van der Waals surface area contributed by atoms with Gasteiger partial charge < -0.3 is 5.32 Å². The van der Waals surface area contributed by atoms with E-state index in [4.69, 9.17) is 0 Å². The Morgan fingerprint density at radius 1 is 1.29 bits per heavy atom. The summed E-state index contributed by atoms with van der Waals surface area (Å²) in [4.78, 5) is 28.2. The molecule has 1 atom stereocenters. The van der Waals surface area contributed by atoms with Crippen molar-refractivity contribution in [3.05, 3.63) is 44.9 Å². The lowest BCUT2D eigenvalue weighted by atomic mass is 10.1. The fourth-order valence-corrected chi connectivity index (χ4v) is 3.12. The monoisotopic (exact) mass is 331 g/mol. The van der Waals surface area contributed by atoms with Crippen molar-refractivity contribution in [2.24, 2.45) is 0 Å². The minimum atomic E-state index is -0.401. The summed E-state index contributed by atoms with van der Waals surface area (Å²) in [6.07, 6.45) is 0. The number of carbonyl (C=O) groups is 1. The molecule has 0 aliphatic carbocycles. The van der Waals surface area contributed by atoms with Gasteiger partial charge in [-0.3, -0.25) is 14.0 Å². The van der Waals surface area contributed by atoms with Gasteiger partial charge in [0.2, 0.25) is 5.91 Å². The normalized spacial score (nSPS) is 12.2. The molecule has 2 rings (SSSR count). The largest absolute Gasteiger partial charge is 0.348 e. The quantitative estimate of drug-likeness (QED) is 0.901. The summed E-state index contributed by atoms with van der Waals surface area (Å²) in [7, 11) is 0. The molecule has 0 spiro atoms. The maximum Gasteiger partial charge on any atom is 0.348 e. The van der Waals surface area contributed by atoms with Crippen molar-refractivity contribution in [1.29, 1.82) is 0 Å². The van der Waals surface area contributed by atoms with Crippen molar-refractivity contribution in [2.75, 3.05) is 0 Å². The van der Waals surface area contributed by atoms with Crippen LogP contribution in [0.15, 0.2) is 10.9 Å². The third-order valence-electron chi connectivity index (χ3n) is 4.20. The van der Waals surface area contributed by atoms with Crippen LogP contribution in [-0.4, -0.2) is 25.2 Å². The SMILES string of the molecule is CCn1nc(C)c([C@@H](C)NC(=O)Cn2c(C)cc(C)nc2=O)c1C. The van der Waals surface area contributed by atoms with Gasteiger partial charge >= 0.3 is 5.69 Å². The van der Waals surface area contributed by atoms with E-state index in [-0.39, 0.29) is 18.5 Å². The zero-order valence-corrected chi connectivity index (χ0v) is 15.2. The third kappa shape index (κ3) is 3.55. The number of nitrogens with zero attached hydrogens (tertiary/aromatic N) is 4. The lowest BCUT2D eigenvalue weighted by molar-refractivity contribution is -0.122. The van der Waals surface area contributed by atoms with Crippen LogP contribution in [0.25, 0.3) is 0 Å². The Kier molecular flexibility index (Phi) is 5.21. The van der Waals surface area contributed by atoms with Crippen molar-refractivity contribution < 1.29 is 4.79 Å².